The van der Waals surface area contributed by atoms with Crippen LogP contribution in [0.3, 0.4) is 0 Å². The largest absolute Gasteiger partial charge is 0.503 e. The van der Waals surface area contributed by atoms with E-state index in [0.717, 1.165) is 12.0 Å². The number of amides is 2. The van der Waals surface area contributed by atoms with Crippen molar-refractivity contribution in [3.8, 4) is 11.4 Å². The van der Waals surface area contributed by atoms with Gasteiger partial charge < -0.3 is 15.2 Å². The summed E-state index contributed by atoms with van der Waals surface area (Å²) in [5, 5.41) is 12.6. The van der Waals surface area contributed by atoms with Crippen molar-refractivity contribution in [2.75, 3.05) is 18.0 Å². The lowest BCUT2D eigenvalue weighted by molar-refractivity contribution is 0.0920. The van der Waals surface area contributed by atoms with Gasteiger partial charge in [0.25, 0.3) is 11.5 Å². The van der Waals surface area contributed by atoms with Gasteiger partial charge in [0.1, 0.15) is 6.10 Å². The standard InChI is InChI=1S/C23H22ClN3O5S/c1-2-4-14-11-15(6-7-17(14)26-10-3-5-18(28)22(26)30)27-13-16(32-23(27)31)12-25-21(29)19-8-9-20(24)33-19/h3,5-11,16,28H,2,4,12-13H2,1H3,(H,25,29)/t16-/m0/s1. The van der Waals surface area contributed by atoms with Crippen molar-refractivity contribution in [3.63, 3.8) is 0 Å². The summed E-state index contributed by atoms with van der Waals surface area (Å²) in [5.74, 6) is -0.602. The van der Waals surface area contributed by atoms with Crippen LogP contribution in [0, 0.1) is 0 Å². The number of carbonyl (C=O) groups excluding carboxylic acids is 2. The maximum Gasteiger partial charge on any atom is 0.414 e. The molecule has 0 bridgehead atoms. The predicted molar refractivity (Wildman–Crippen MR) is 127 cm³/mol. The third kappa shape index (κ3) is 4.89. The molecule has 0 aliphatic carbocycles. The van der Waals surface area contributed by atoms with Crippen LogP contribution in [0.4, 0.5) is 10.5 Å². The van der Waals surface area contributed by atoms with Gasteiger partial charge in [-0.15, -0.1) is 11.3 Å². The van der Waals surface area contributed by atoms with Crippen LogP contribution in [0.5, 0.6) is 5.75 Å². The first kappa shape index (κ1) is 22.9. The Morgan fingerprint density at radius 3 is 2.82 bits per heavy atom. The highest BCUT2D eigenvalue weighted by Crippen LogP contribution is 2.27. The van der Waals surface area contributed by atoms with Crippen molar-refractivity contribution in [2.24, 2.45) is 0 Å². The van der Waals surface area contributed by atoms with Crippen molar-refractivity contribution in [1.82, 2.24) is 9.88 Å². The third-order valence-electron chi connectivity index (χ3n) is 5.24. The van der Waals surface area contributed by atoms with Crippen molar-refractivity contribution in [1.29, 1.82) is 0 Å². The van der Waals surface area contributed by atoms with Gasteiger partial charge in [0, 0.05) is 11.9 Å². The van der Waals surface area contributed by atoms with Gasteiger partial charge in [-0.25, -0.2) is 4.79 Å². The number of nitrogens with one attached hydrogen (secondary N) is 1. The van der Waals surface area contributed by atoms with E-state index in [0.29, 0.717) is 27.0 Å². The zero-order valence-electron chi connectivity index (χ0n) is 17.8. The maximum atomic E-state index is 12.5. The number of carbonyl (C=O) groups is 2. The molecule has 33 heavy (non-hydrogen) atoms. The number of hydrogen-bond acceptors (Lipinski definition) is 6. The van der Waals surface area contributed by atoms with Gasteiger partial charge in [-0.2, -0.15) is 0 Å². The summed E-state index contributed by atoms with van der Waals surface area (Å²) in [6.45, 7) is 2.47. The van der Waals surface area contributed by atoms with Gasteiger partial charge in [0.15, 0.2) is 5.75 Å². The number of nitrogens with zero attached hydrogens (tertiary/aromatic N) is 2. The van der Waals surface area contributed by atoms with Crippen LogP contribution in [0.1, 0.15) is 28.6 Å². The van der Waals surface area contributed by atoms with Crippen molar-refractivity contribution in [3.05, 3.63) is 73.8 Å². The topological polar surface area (TPSA) is 101 Å². The van der Waals surface area contributed by atoms with Crippen molar-refractivity contribution < 1.29 is 19.4 Å². The molecule has 1 atom stereocenters. The average molecular weight is 488 g/mol. The number of rotatable bonds is 7. The van der Waals surface area contributed by atoms with Crippen LogP contribution in [0.2, 0.25) is 4.34 Å². The minimum Gasteiger partial charge on any atom is -0.503 e. The molecule has 2 amide bonds. The number of anilines is 1. The summed E-state index contributed by atoms with van der Waals surface area (Å²) in [7, 11) is 0. The summed E-state index contributed by atoms with van der Waals surface area (Å²) in [6.07, 6.45) is 2.10. The summed E-state index contributed by atoms with van der Waals surface area (Å²) in [5.41, 5.74) is 1.64. The van der Waals surface area contributed by atoms with Gasteiger partial charge in [-0.1, -0.05) is 24.9 Å². The molecule has 1 fully saturated rings. The fraction of sp³-hybridized carbons (Fsp3) is 0.261. The number of ether oxygens (including phenoxy) is 1. The van der Waals surface area contributed by atoms with E-state index in [9.17, 15) is 19.5 Å². The van der Waals surface area contributed by atoms with E-state index in [4.69, 9.17) is 16.3 Å². The monoisotopic (exact) mass is 487 g/mol. The average Bonchev–Trinajstić information content (AvgIpc) is 3.40. The van der Waals surface area contributed by atoms with Crippen molar-refractivity contribution in [2.45, 2.75) is 25.9 Å². The summed E-state index contributed by atoms with van der Waals surface area (Å²) < 4.78 is 7.35. The highest BCUT2D eigenvalue weighted by atomic mass is 35.5. The molecule has 1 saturated heterocycles. The van der Waals surface area contributed by atoms with Crippen LogP contribution in [0.15, 0.2) is 53.5 Å². The molecule has 3 aromatic rings. The predicted octanol–water partition coefficient (Wildman–Crippen LogP) is 3.97. The van der Waals surface area contributed by atoms with Crippen LogP contribution in [-0.4, -0.2) is 40.9 Å². The molecule has 10 heteroatoms. The van der Waals surface area contributed by atoms with Crippen LogP contribution in [0.25, 0.3) is 5.69 Å². The van der Waals surface area contributed by atoms with Crippen molar-refractivity contribution >= 4 is 40.6 Å². The van der Waals surface area contributed by atoms with E-state index in [1.807, 2.05) is 13.0 Å². The number of aryl methyl sites for hydroxylation is 1. The highest BCUT2D eigenvalue weighted by Gasteiger charge is 2.33. The minimum atomic E-state index is -0.508. The van der Waals surface area contributed by atoms with Gasteiger partial charge >= 0.3 is 6.09 Å². The highest BCUT2D eigenvalue weighted by molar-refractivity contribution is 7.18. The molecule has 1 aliphatic rings. The smallest absolute Gasteiger partial charge is 0.414 e. The molecular weight excluding hydrogens is 466 g/mol. The minimum absolute atomic E-state index is 0.176. The van der Waals surface area contributed by atoms with Gasteiger partial charge in [-0.05, 0) is 54.4 Å². The number of pyridine rings is 1. The molecule has 0 spiro atoms. The van der Waals surface area contributed by atoms with Crippen LogP contribution < -0.4 is 15.8 Å². The molecule has 0 unspecified atom stereocenters. The number of cyclic esters (lactones) is 1. The van der Waals surface area contributed by atoms with Gasteiger partial charge in [0.2, 0.25) is 0 Å². The van der Waals surface area contributed by atoms with E-state index < -0.39 is 17.8 Å². The number of benzene rings is 1. The summed E-state index contributed by atoms with van der Waals surface area (Å²) >= 11 is 7.05. The second-order valence-electron chi connectivity index (χ2n) is 7.56. The van der Waals surface area contributed by atoms with Gasteiger partial charge in [0.05, 0.1) is 28.0 Å². The summed E-state index contributed by atoms with van der Waals surface area (Å²) in [6, 6.07) is 11.6. The van der Waals surface area contributed by atoms with E-state index in [-0.39, 0.29) is 24.7 Å². The number of aromatic hydroxyl groups is 1. The molecule has 4 rings (SSSR count). The SMILES string of the molecule is CCCc1cc(N2C[C@H](CNC(=O)c3ccc(Cl)s3)OC2=O)ccc1-n1cccc(O)c1=O. The molecule has 3 heterocycles. The van der Waals surface area contributed by atoms with E-state index in [2.05, 4.69) is 5.32 Å². The molecule has 1 aromatic carbocycles. The Bertz CT molecular complexity index is 1250. The number of aromatic nitrogens is 1. The Labute approximate surface area is 199 Å². The lowest BCUT2D eigenvalue weighted by Gasteiger charge is -2.18. The molecule has 0 radical (unpaired) electrons. The number of halogens is 1. The first-order valence-corrected chi connectivity index (χ1v) is 11.6. The first-order chi connectivity index (χ1) is 15.9. The Hall–Kier alpha value is -3.30. The second kappa shape index (κ2) is 9.68. The summed E-state index contributed by atoms with van der Waals surface area (Å²) in [4.78, 5) is 39.1. The lowest BCUT2D eigenvalue weighted by atomic mass is 10.1. The zero-order valence-corrected chi connectivity index (χ0v) is 19.4. The molecule has 1 aliphatic heterocycles. The number of hydrogen-bond donors (Lipinski definition) is 2. The molecule has 2 N–H and O–H groups in total. The van der Waals surface area contributed by atoms with E-state index >= 15 is 0 Å². The molecular formula is C23H22ClN3O5S. The Balaban J connectivity index is 1.51. The Morgan fingerprint density at radius 2 is 2.09 bits per heavy atom. The zero-order chi connectivity index (χ0) is 23.5. The second-order valence-corrected chi connectivity index (χ2v) is 9.28. The van der Waals surface area contributed by atoms with E-state index in [1.54, 1.807) is 36.5 Å². The van der Waals surface area contributed by atoms with Gasteiger partial charge in [-0.3, -0.25) is 19.1 Å². The fourth-order valence-electron chi connectivity index (χ4n) is 3.69. The van der Waals surface area contributed by atoms with E-state index in [1.165, 1.54) is 26.9 Å². The van der Waals surface area contributed by atoms with Crippen LogP contribution in [-0.2, 0) is 11.2 Å². The third-order valence-corrected chi connectivity index (χ3v) is 6.47. The Kier molecular flexibility index (Phi) is 6.71. The molecule has 172 valence electrons. The quantitative estimate of drug-likeness (QED) is 0.525. The Morgan fingerprint density at radius 1 is 1.27 bits per heavy atom. The first-order valence-electron chi connectivity index (χ1n) is 10.4. The van der Waals surface area contributed by atoms with Crippen LogP contribution >= 0.6 is 22.9 Å². The lowest BCUT2D eigenvalue weighted by Crippen LogP contribution is -2.34. The molecule has 2 aromatic heterocycles. The normalized spacial score (nSPS) is 15.5. The number of thiophene rings is 1. The molecule has 0 saturated carbocycles. The maximum absolute atomic E-state index is 12.5. The fourth-order valence-corrected chi connectivity index (χ4v) is 4.64. The molecule has 8 nitrogen and oxygen atoms in total.